The molecule has 0 bridgehead atoms. The second-order valence-electron chi connectivity index (χ2n) is 8.49. The van der Waals surface area contributed by atoms with E-state index >= 15 is 0 Å². The van der Waals surface area contributed by atoms with E-state index in [9.17, 15) is 5.11 Å². The molecule has 4 rings (SSSR count). The quantitative estimate of drug-likeness (QED) is 0.778. The van der Waals surface area contributed by atoms with E-state index in [0.29, 0.717) is 18.0 Å². The number of thiophene rings is 1. The average molecular weight is 389 g/mol. The van der Waals surface area contributed by atoms with Crippen LogP contribution < -0.4 is 5.32 Å². The molecule has 1 fully saturated rings. The van der Waals surface area contributed by atoms with Crippen LogP contribution in [0.15, 0.2) is 6.33 Å². The highest BCUT2D eigenvalue weighted by molar-refractivity contribution is 7.19. The highest BCUT2D eigenvalue weighted by atomic mass is 32.1. The zero-order valence-electron chi connectivity index (χ0n) is 16.7. The third-order valence-corrected chi connectivity index (χ3v) is 7.70. The maximum atomic E-state index is 10.2. The third kappa shape index (κ3) is 3.84. The molecule has 0 saturated heterocycles. The molecule has 6 heteroatoms. The first-order chi connectivity index (χ1) is 13.1. The van der Waals surface area contributed by atoms with E-state index in [0.717, 1.165) is 36.3 Å². The monoisotopic (exact) mass is 388 g/mol. The summed E-state index contributed by atoms with van der Waals surface area (Å²) in [6, 6.07) is 1.20. The predicted octanol–water partition coefficient (Wildman–Crippen LogP) is 4.17. The van der Waals surface area contributed by atoms with E-state index in [1.165, 1.54) is 41.5 Å². The lowest BCUT2D eigenvalue weighted by molar-refractivity contribution is 0.151. The minimum atomic E-state index is -0.210. The summed E-state index contributed by atoms with van der Waals surface area (Å²) in [5.74, 6) is 1.46. The van der Waals surface area contributed by atoms with E-state index in [-0.39, 0.29) is 6.10 Å². The smallest absolute Gasteiger partial charge is 0.138 e. The van der Waals surface area contributed by atoms with Gasteiger partial charge in [-0.3, -0.25) is 0 Å². The zero-order chi connectivity index (χ0) is 19.0. The van der Waals surface area contributed by atoms with Gasteiger partial charge >= 0.3 is 0 Å². The fourth-order valence-corrected chi connectivity index (χ4v) is 6.08. The van der Waals surface area contributed by atoms with Gasteiger partial charge in [0, 0.05) is 17.0 Å². The molecular weight excluding hydrogens is 356 g/mol. The van der Waals surface area contributed by atoms with E-state index in [2.05, 4.69) is 41.2 Å². The van der Waals surface area contributed by atoms with Crippen LogP contribution in [0.2, 0.25) is 0 Å². The van der Waals surface area contributed by atoms with Gasteiger partial charge in [0.05, 0.1) is 11.5 Å². The van der Waals surface area contributed by atoms with Crippen LogP contribution in [0.4, 0.5) is 5.82 Å². The van der Waals surface area contributed by atoms with Crippen LogP contribution in [0, 0.1) is 0 Å². The third-order valence-electron chi connectivity index (χ3n) is 6.53. The topological polar surface area (TPSA) is 61.3 Å². The molecule has 0 radical (unpaired) electrons. The zero-order valence-corrected chi connectivity index (χ0v) is 17.6. The lowest BCUT2D eigenvalue weighted by Crippen LogP contribution is -2.36. The summed E-state index contributed by atoms with van der Waals surface area (Å²) in [4.78, 5) is 14.1. The molecule has 2 heterocycles. The highest BCUT2D eigenvalue weighted by Crippen LogP contribution is 2.47. The highest BCUT2D eigenvalue weighted by Gasteiger charge is 2.31. The Morgan fingerprint density at radius 1 is 1.22 bits per heavy atom. The number of hydrogen-bond donors (Lipinski definition) is 2. The maximum Gasteiger partial charge on any atom is 0.138 e. The molecule has 2 N–H and O–H groups in total. The molecular formula is C21H32N4OS. The van der Waals surface area contributed by atoms with Crippen LogP contribution in [0.1, 0.15) is 68.2 Å². The molecule has 0 amide bonds. The van der Waals surface area contributed by atoms with Crippen LogP contribution in [0.5, 0.6) is 0 Å². The van der Waals surface area contributed by atoms with Crippen molar-refractivity contribution in [2.75, 3.05) is 19.4 Å². The molecule has 0 aromatic carbocycles. The molecule has 2 atom stereocenters. The van der Waals surface area contributed by atoms with Crippen molar-refractivity contribution in [2.45, 2.75) is 82.4 Å². The van der Waals surface area contributed by atoms with Crippen LogP contribution in [-0.4, -0.2) is 52.3 Å². The van der Waals surface area contributed by atoms with Gasteiger partial charge in [0.1, 0.15) is 17.0 Å². The largest absolute Gasteiger partial charge is 0.393 e. The number of nitrogens with one attached hydrogen (secondary N) is 1. The van der Waals surface area contributed by atoms with Crippen molar-refractivity contribution in [3.8, 4) is 0 Å². The van der Waals surface area contributed by atoms with Crippen LogP contribution in [0.25, 0.3) is 10.2 Å². The van der Waals surface area contributed by atoms with Crippen LogP contribution in [0.3, 0.4) is 0 Å². The lowest BCUT2D eigenvalue weighted by atomic mass is 9.90. The number of aromatic nitrogens is 2. The maximum absolute atomic E-state index is 10.2. The molecule has 0 spiro atoms. The average Bonchev–Trinajstić information content (AvgIpc) is 3.22. The Morgan fingerprint density at radius 3 is 2.70 bits per heavy atom. The van der Waals surface area contributed by atoms with Crippen molar-refractivity contribution in [3.05, 3.63) is 16.8 Å². The first-order valence-electron chi connectivity index (χ1n) is 10.4. The minimum absolute atomic E-state index is 0.210. The van der Waals surface area contributed by atoms with Gasteiger partial charge in [-0.1, -0.05) is 6.92 Å². The second-order valence-corrected chi connectivity index (χ2v) is 9.57. The van der Waals surface area contributed by atoms with Gasteiger partial charge in [-0.15, -0.1) is 11.3 Å². The van der Waals surface area contributed by atoms with Gasteiger partial charge in [-0.05, 0) is 76.9 Å². The summed E-state index contributed by atoms with van der Waals surface area (Å²) < 4.78 is 0. The Morgan fingerprint density at radius 2 is 2.00 bits per heavy atom. The van der Waals surface area contributed by atoms with Crippen molar-refractivity contribution in [2.24, 2.45) is 0 Å². The van der Waals surface area contributed by atoms with E-state index in [4.69, 9.17) is 0 Å². The van der Waals surface area contributed by atoms with E-state index < -0.39 is 0 Å². The molecule has 0 unspecified atom stereocenters. The molecule has 2 aliphatic rings. The summed E-state index contributed by atoms with van der Waals surface area (Å²) >= 11 is 1.83. The van der Waals surface area contributed by atoms with Crippen LogP contribution in [-0.2, 0) is 6.42 Å². The SMILES string of the molecule is CC[C@H](O)C[C@H]1CCc2sc3ncnc(NC4CCC(N(C)C)CC4)c3c21. The number of anilines is 1. The number of aryl methyl sites for hydroxylation is 1. The molecule has 1 saturated carbocycles. The Balaban J connectivity index is 1.57. The fraction of sp³-hybridized carbons (Fsp3) is 0.714. The van der Waals surface area contributed by atoms with Gasteiger partial charge in [0.25, 0.3) is 0 Å². The van der Waals surface area contributed by atoms with Gasteiger partial charge in [-0.2, -0.15) is 0 Å². The van der Waals surface area contributed by atoms with E-state index in [1.54, 1.807) is 6.33 Å². The van der Waals surface area contributed by atoms with Crippen LogP contribution >= 0.6 is 11.3 Å². The number of nitrogens with zero attached hydrogens (tertiary/aromatic N) is 3. The van der Waals surface area contributed by atoms with Crippen molar-refractivity contribution in [1.29, 1.82) is 0 Å². The van der Waals surface area contributed by atoms with E-state index in [1.807, 2.05) is 11.3 Å². The molecule has 148 valence electrons. The Labute approximate surface area is 166 Å². The number of aliphatic hydroxyl groups is 1. The summed E-state index contributed by atoms with van der Waals surface area (Å²) in [6.07, 6.45) is 10.3. The number of fused-ring (bicyclic) bond motifs is 3. The molecule has 0 aliphatic heterocycles. The first kappa shape index (κ1) is 19.1. The predicted molar refractivity (Wildman–Crippen MR) is 113 cm³/mol. The Hall–Kier alpha value is -1.24. The summed E-state index contributed by atoms with van der Waals surface area (Å²) in [5, 5.41) is 15.2. The van der Waals surface area contributed by atoms with Crippen molar-refractivity contribution >= 4 is 27.4 Å². The number of rotatable bonds is 6. The van der Waals surface area contributed by atoms with Crippen molar-refractivity contribution in [1.82, 2.24) is 14.9 Å². The Kier molecular flexibility index (Phi) is 5.67. The molecule has 2 aromatic heterocycles. The standard InChI is InChI=1S/C21H32N4OS/c1-4-16(26)11-13-5-10-17-18(13)19-20(22-12-23-21(19)27-17)24-14-6-8-15(9-7-14)25(2)3/h12-16,26H,4-11H2,1-3H3,(H,22,23,24)/t13-,14?,15?,16+/m1/s1. The van der Waals surface area contributed by atoms with Crippen molar-refractivity contribution < 1.29 is 5.11 Å². The molecule has 27 heavy (non-hydrogen) atoms. The van der Waals surface area contributed by atoms with Gasteiger partial charge in [0.15, 0.2) is 0 Å². The summed E-state index contributed by atoms with van der Waals surface area (Å²) in [6.45, 7) is 2.06. The summed E-state index contributed by atoms with van der Waals surface area (Å²) in [5.41, 5.74) is 1.42. The number of hydrogen-bond acceptors (Lipinski definition) is 6. The second kappa shape index (κ2) is 8.02. The molecule has 5 nitrogen and oxygen atoms in total. The van der Waals surface area contributed by atoms with Gasteiger partial charge in [-0.25, -0.2) is 9.97 Å². The lowest BCUT2D eigenvalue weighted by Gasteiger charge is -2.33. The molecule has 2 aromatic rings. The van der Waals surface area contributed by atoms with Crippen molar-refractivity contribution in [3.63, 3.8) is 0 Å². The van der Waals surface area contributed by atoms with Gasteiger partial charge < -0.3 is 15.3 Å². The minimum Gasteiger partial charge on any atom is -0.393 e. The van der Waals surface area contributed by atoms with Gasteiger partial charge in [0.2, 0.25) is 0 Å². The first-order valence-corrected chi connectivity index (χ1v) is 11.3. The number of aliphatic hydroxyl groups excluding tert-OH is 1. The Bertz CT molecular complexity index is 782. The normalized spacial score (nSPS) is 26.5. The summed E-state index contributed by atoms with van der Waals surface area (Å²) in [7, 11) is 4.37. The molecule has 2 aliphatic carbocycles. The fourth-order valence-electron chi connectivity index (χ4n) is 4.84.